The Kier molecular flexibility index (Phi) is 3.88. The molecule has 0 saturated heterocycles. The smallest absolute Gasteiger partial charge is 0.149 e. The van der Waals surface area contributed by atoms with E-state index in [2.05, 4.69) is 23.9 Å². The SMILES string of the molecule is CN(C)CCN(C)CC(=O)C1CC1. The van der Waals surface area contributed by atoms with Gasteiger partial charge in [-0.05, 0) is 34.0 Å². The molecule has 0 radical (unpaired) electrons. The van der Waals surface area contributed by atoms with Gasteiger partial charge >= 0.3 is 0 Å². The molecule has 0 spiro atoms. The van der Waals surface area contributed by atoms with Crippen molar-refractivity contribution in [3.05, 3.63) is 0 Å². The average Bonchev–Trinajstić information content (AvgIpc) is 2.82. The monoisotopic (exact) mass is 184 g/mol. The molecule has 0 amide bonds. The highest BCUT2D eigenvalue weighted by atomic mass is 16.1. The van der Waals surface area contributed by atoms with E-state index in [4.69, 9.17) is 0 Å². The number of nitrogens with zero attached hydrogens (tertiary/aromatic N) is 2. The lowest BCUT2D eigenvalue weighted by atomic mass is 10.2. The van der Waals surface area contributed by atoms with Gasteiger partial charge in [0.2, 0.25) is 0 Å². The number of hydrogen-bond donors (Lipinski definition) is 0. The molecule has 0 atom stereocenters. The molecule has 0 unspecified atom stereocenters. The quantitative estimate of drug-likeness (QED) is 0.599. The Balaban J connectivity index is 2.09. The molecule has 0 aromatic carbocycles. The van der Waals surface area contributed by atoms with Crippen LogP contribution in [0, 0.1) is 5.92 Å². The number of likely N-dealkylation sites (N-methyl/N-ethyl adjacent to an activating group) is 2. The number of carbonyl (C=O) groups is 1. The minimum Gasteiger partial charge on any atom is -0.308 e. The molecule has 0 aliphatic heterocycles. The Labute approximate surface area is 80.7 Å². The summed E-state index contributed by atoms with van der Waals surface area (Å²) >= 11 is 0. The van der Waals surface area contributed by atoms with Crippen molar-refractivity contribution in [2.45, 2.75) is 12.8 Å². The zero-order valence-electron chi connectivity index (χ0n) is 8.92. The largest absolute Gasteiger partial charge is 0.308 e. The lowest BCUT2D eigenvalue weighted by Crippen LogP contribution is -2.33. The fourth-order valence-corrected chi connectivity index (χ4v) is 1.25. The molecule has 0 aromatic heterocycles. The summed E-state index contributed by atoms with van der Waals surface area (Å²) in [5, 5.41) is 0. The van der Waals surface area contributed by atoms with E-state index in [1.54, 1.807) is 0 Å². The van der Waals surface area contributed by atoms with Gasteiger partial charge in [-0.1, -0.05) is 0 Å². The lowest BCUT2D eigenvalue weighted by molar-refractivity contribution is -0.121. The van der Waals surface area contributed by atoms with E-state index in [1.807, 2.05) is 7.05 Å². The van der Waals surface area contributed by atoms with Crippen molar-refractivity contribution in [1.82, 2.24) is 9.80 Å². The van der Waals surface area contributed by atoms with Crippen molar-refractivity contribution in [3.63, 3.8) is 0 Å². The highest BCUT2D eigenvalue weighted by Crippen LogP contribution is 2.29. The summed E-state index contributed by atoms with van der Waals surface area (Å²) < 4.78 is 0. The first-order chi connectivity index (χ1) is 6.09. The molecule has 0 bridgehead atoms. The molecular formula is C10H20N2O. The standard InChI is InChI=1S/C10H20N2O/c1-11(2)6-7-12(3)8-10(13)9-4-5-9/h9H,4-8H2,1-3H3. The summed E-state index contributed by atoms with van der Waals surface area (Å²) in [6.45, 7) is 2.64. The normalized spacial score (nSPS) is 17.0. The van der Waals surface area contributed by atoms with Crippen LogP contribution in [0.5, 0.6) is 0 Å². The first-order valence-corrected chi connectivity index (χ1v) is 4.95. The van der Waals surface area contributed by atoms with Crippen LogP contribution in [0.4, 0.5) is 0 Å². The molecule has 0 aromatic rings. The number of Topliss-reactive ketones (excluding diaryl/α,β-unsaturated/α-hetero) is 1. The highest BCUT2D eigenvalue weighted by molar-refractivity contribution is 5.84. The average molecular weight is 184 g/mol. The minimum atomic E-state index is 0.404. The van der Waals surface area contributed by atoms with Crippen molar-refractivity contribution < 1.29 is 4.79 Å². The maximum atomic E-state index is 11.4. The summed E-state index contributed by atoms with van der Waals surface area (Å²) in [5.41, 5.74) is 0. The van der Waals surface area contributed by atoms with Gasteiger partial charge in [0.25, 0.3) is 0 Å². The van der Waals surface area contributed by atoms with Crippen LogP contribution in [0.2, 0.25) is 0 Å². The Morgan fingerprint density at radius 2 is 1.85 bits per heavy atom. The van der Waals surface area contributed by atoms with Crippen LogP contribution in [-0.2, 0) is 4.79 Å². The summed E-state index contributed by atoms with van der Waals surface area (Å²) in [7, 11) is 6.12. The van der Waals surface area contributed by atoms with E-state index < -0.39 is 0 Å². The first-order valence-electron chi connectivity index (χ1n) is 4.95. The van der Waals surface area contributed by atoms with Gasteiger partial charge in [-0.15, -0.1) is 0 Å². The Morgan fingerprint density at radius 1 is 1.23 bits per heavy atom. The molecule has 1 aliphatic carbocycles. The maximum absolute atomic E-state index is 11.4. The van der Waals surface area contributed by atoms with Crippen molar-refractivity contribution in [2.24, 2.45) is 5.92 Å². The molecule has 3 heteroatoms. The van der Waals surface area contributed by atoms with Gasteiger partial charge in [0.05, 0.1) is 6.54 Å². The van der Waals surface area contributed by atoms with Crippen LogP contribution >= 0.6 is 0 Å². The summed E-state index contributed by atoms with van der Waals surface area (Å²) in [6.07, 6.45) is 2.25. The summed E-state index contributed by atoms with van der Waals surface area (Å²) in [4.78, 5) is 15.7. The maximum Gasteiger partial charge on any atom is 0.149 e. The van der Waals surface area contributed by atoms with Crippen molar-refractivity contribution in [2.75, 3.05) is 40.8 Å². The van der Waals surface area contributed by atoms with E-state index in [0.29, 0.717) is 18.2 Å². The van der Waals surface area contributed by atoms with Gasteiger partial charge in [-0.3, -0.25) is 9.69 Å². The molecule has 13 heavy (non-hydrogen) atoms. The third-order valence-electron chi connectivity index (χ3n) is 2.39. The van der Waals surface area contributed by atoms with E-state index in [1.165, 1.54) is 0 Å². The van der Waals surface area contributed by atoms with E-state index in [-0.39, 0.29) is 0 Å². The van der Waals surface area contributed by atoms with Crippen molar-refractivity contribution in [3.8, 4) is 0 Å². The summed E-state index contributed by atoms with van der Waals surface area (Å²) in [5.74, 6) is 0.836. The van der Waals surface area contributed by atoms with Crippen LogP contribution in [-0.4, -0.2) is 56.4 Å². The third kappa shape index (κ3) is 4.39. The number of carbonyl (C=O) groups excluding carboxylic acids is 1. The second-order valence-electron chi connectivity index (χ2n) is 4.28. The molecule has 1 fully saturated rings. The number of rotatable bonds is 6. The van der Waals surface area contributed by atoms with Crippen LogP contribution in [0.3, 0.4) is 0 Å². The highest BCUT2D eigenvalue weighted by Gasteiger charge is 2.29. The predicted molar refractivity (Wildman–Crippen MR) is 53.8 cm³/mol. The number of ketones is 1. The topological polar surface area (TPSA) is 23.6 Å². The van der Waals surface area contributed by atoms with Gasteiger partial charge in [0, 0.05) is 19.0 Å². The summed E-state index contributed by atoms with van der Waals surface area (Å²) in [6, 6.07) is 0. The predicted octanol–water partition coefficient (Wildman–Crippen LogP) is 0.459. The van der Waals surface area contributed by atoms with Crippen LogP contribution < -0.4 is 0 Å². The van der Waals surface area contributed by atoms with E-state index in [9.17, 15) is 4.79 Å². The number of hydrogen-bond acceptors (Lipinski definition) is 3. The van der Waals surface area contributed by atoms with Crippen molar-refractivity contribution >= 4 is 5.78 Å². The Bertz CT molecular complexity index is 176. The second kappa shape index (κ2) is 4.72. The zero-order chi connectivity index (χ0) is 9.84. The fourth-order valence-electron chi connectivity index (χ4n) is 1.25. The molecule has 1 rings (SSSR count). The Hall–Kier alpha value is -0.410. The van der Waals surface area contributed by atoms with E-state index in [0.717, 1.165) is 25.9 Å². The van der Waals surface area contributed by atoms with Gasteiger partial charge in [0.1, 0.15) is 5.78 Å². The van der Waals surface area contributed by atoms with Gasteiger partial charge < -0.3 is 4.90 Å². The molecule has 1 aliphatic rings. The van der Waals surface area contributed by atoms with Crippen LogP contribution in [0.1, 0.15) is 12.8 Å². The second-order valence-corrected chi connectivity index (χ2v) is 4.28. The molecular weight excluding hydrogens is 164 g/mol. The minimum absolute atomic E-state index is 0.404. The molecule has 1 saturated carbocycles. The third-order valence-corrected chi connectivity index (χ3v) is 2.39. The van der Waals surface area contributed by atoms with Crippen LogP contribution in [0.15, 0.2) is 0 Å². The van der Waals surface area contributed by atoms with E-state index >= 15 is 0 Å². The van der Waals surface area contributed by atoms with Gasteiger partial charge in [0.15, 0.2) is 0 Å². The first kappa shape index (κ1) is 10.7. The molecule has 0 N–H and O–H groups in total. The van der Waals surface area contributed by atoms with Gasteiger partial charge in [-0.2, -0.15) is 0 Å². The zero-order valence-corrected chi connectivity index (χ0v) is 8.92. The molecule has 0 heterocycles. The van der Waals surface area contributed by atoms with Crippen LogP contribution in [0.25, 0.3) is 0 Å². The van der Waals surface area contributed by atoms with Crippen molar-refractivity contribution in [1.29, 1.82) is 0 Å². The fraction of sp³-hybridized carbons (Fsp3) is 0.900. The Morgan fingerprint density at radius 3 is 2.31 bits per heavy atom. The van der Waals surface area contributed by atoms with Gasteiger partial charge in [-0.25, -0.2) is 0 Å². The molecule has 3 nitrogen and oxygen atoms in total. The molecule has 76 valence electrons. The lowest BCUT2D eigenvalue weighted by Gasteiger charge is -2.18.